The Morgan fingerprint density at radius 2 is 1.49 bits per heavy atom. The van der Waals surface area contributed by atoms with Crippen molar-refractivity contribution in [2.45, 2.75) is 65.8 Å². The van der Waals surface area contributed by atoms with Gasteiger partial charge in [0, 0.05) is 57.9 Å². The van der Waals surface area contributed by atoms with Crippen molar-refractivity contribution in [1.29, 1.82) is 0 Å². The number of allylic oxidation sites excluding steroid dienone is 4. The summed E-state index contributed by atoms with van der Waals surface area (Å²) in [7, 11) is 0. The number of carboxylic acids is 1. The van der Waals surface area contributed by atoms with Crippen molar-refractivity contribution in [1.82, 2.24) is 4.90 Å². The fourth-order valence-electron chi connectivity index (χ4n) is 6.33. The van der Waals surface area contributed by atoms with E-state index in [1.807, 2.05) is 24.3 Å². The molecule has 0 fully saturated rings. The first-order valence-electron chi connectivity index (χ1n) is 13.3. The number of halogens is 1. The number of carboxylic acid groups (broad SMARTS) is 1. The van der Waals surface area contributed by atoms with Crippen LogP contribution in [0, 0.1) is 10.8 Å². The zero-order valence-electron chi connectivity index (χ0n) is 22.8. The summed E-state index contributed by atoms with van der Waals surface area (Å²) in [6, 6.07) is 15.5. The number of rotatable bonds is 6. The van der Waals surface area contributed by atoms with Gasteiger partial charge in [0.05, 0.1) is 0 Å². The molecule has 0 saturated carbocycles. The van der Waals surface area contributed by atoms with Gasteiger partial charge in [-0.25, -0.2) is 4.79 Å². The van der Waals surface area contributed by atoms with Gasteiger partial charge in [0.1, 0.15) is 5.75 Å². The van der Waals surface area contributed by atoms with Crippen LogP contribution in [0.3, 0.4) is 0 Å². The monoisotopic (exact) mass is 591 g/mol. The van der Waals surface area contributed by atoms with Crippen LogP contribution in [0.2, 0.25) is 0 Å². The molecule has 2 aromatic rings. The van der Waals surface area contributed by atoms with Crippen molar-refractivity contribution in [3.8, 4) is 5.75 Å². The molecular weight excluding hydrogens is 558 g/mol. The van der Waals surface area contributed by atoms with Crippen LogP contribution in [-0.2, 0) is 20.9 Å². The Bertz CT molecular complexity index is 1370. The number of carbonyl (C=O) groups excluding carboxylic acids is 2. The zero-order valence-corrected chi connectivity index (χ0v) is 24.4. The van der Waals surface area contributed by atoms with E-state index in [0.29, 0.717) is 54.7 Å². The molecular formula is C32H34BrNO5. The van der Waals surface area contributed by atoms with Gasteiger partial charge in [-0.3, -0.25) is 9.59 Å². The highest BCUT2D eigenvalue weighted by Crippen LogP contribution is 2.56. The maximum Gasteiger partial charge on any atom is 0.341 e. The Morgan fingerprint density at radius 3 is 2.03 bits per heavy atom. The van der Waals surface area contributed by atoms with Gasteiger partial charge in [-0.1, -0.05) is 74.0 Å². The molecule has 1 aliphatic heterocycles. The lowest BCUT2D eigenvalue weighted by molar-refractivity contribution is -0.139. The fraction of sp³-hybridized carbons (Fsp3) is 0.406. The van der Waals surface area contributed by atoms with Gasteiger partial charge in [-0.2, -0.15) is 0 Å². The molecule has 1 heterocycles. The fourth-order valence-corrected chi connectivity index (χ4v) is 6.71. The van der Waals surface area contributed by atoms with Crippen molar-refractivity contribution in [2.75, 3.05) is 6.61 Å². The van der Waals surface area contributed by atoms with Crippen LogP contribution in [0.1, 0.15) is 70.4 Å². The summed E-state index contributed by atoms with van der Waals surface area (Å²) < 4.78 is 6.51. The van der Waals surface area contributed by atoms with Crippen molar-refractivity contribution in [2.24, 2.45) is 10.8 Å². The molecule has 0 saturated heterocycles. The Morgan fingerprint density at radius 1 is 0.923 bits per heavy atom. The Balaban J connectivity index is 1.78. The van der Waals surface area contributed by atoms with Crippen LogP contribution in [0.5, 0.6) is 5.75 Å². The topological polar surface area (TPSA) is 83.9 Å². The molecule has 0 amide bonds. The van der Waals surface area contributed by atoms with Crippen molar-refractivity contribution in [3.05, 3.63) is 86.7 Å². The smallest absolute Gasteiger partial charge is 0.341 e. The number of hydrogen-bond donors (Lipinski definition) is 1. The molecule has 39 heavy (non-hydrogen) atoms. The molecule has 6 nitrogen and oxygen atoms in total. The Labute approximate surface area is 237 Å². The first-order chi connectivity index (χ1) is 18.3. The highest BCUT2D eigenvalue weighted by molar-refractivity contribution is 9.10. The SMILES string of the molecule is CC1(C)CC(=O)C2=C(C1)N(Cc1ccccc1)C1=C(C(=O)CC(C)(C)C1)C2c1cc(Br)ccc1OCC(=O)O. The van der Waals surface area contributed by atoms with Crippen LogP contribution < -0.4 is 4.74 Å². The molecule has 0 radical (unpaired) electrons. The summed E-state index contributed by atoms with van der Waals surface area (Å²) in [6.45, 7) is 8.52. The van der Waals surface area contributed by atoms with E-state index in [2.05, 4.69) is 60.7 Å². The lowest BCUT2D eigenvalue weighted by atomic mass is 9.63. The molecule has 0 aromatic heterocycles. The Kier molecular flexibility index (Phi) is 7.08. The van der Waals surface area contributed by atoms with Crippen molar-refractivity contribution in [3.63, 3.8) is 0 Å². The average molecular weight is 593 g/mol. The number of ketones is 2. The van der Waals surface area contributed by atoms with E-state index in [1.54, 1.807) is 12.1 Å². The maximum absolute atomic E-state index is 14.0. The third kappa shape index (κ3) is 5.46. The van der Waals surface area contributed by atoms with Gasteiger partial charge >= 0.3 is 5.97 Å². The summed E-state index contributed by atoms with van der Waals surface area (Å²) in [5.41, 5.74) is 4.46. The molecule has 1 N–H and O–H groups in total. The number of aliphatic carboxylic acids is 1. The van der Waals surface area contributed by atoms with E-state index in [4.69, 9.17) is 4.74 Å². The standard InChI is InChI=1S/C32H34BrNO5/c1-31(2)13-22-29(24(35)15-31)28(21-12-20(33)10-11-26(21)39-18-27(37)38)30-23(14-32(3,4)16-25(30)36)34(22)17-19-8-6-5-7-9-19/h5-12,28H,13-18H2,1-4H3,(H,37,38). The summed E-state index contributed by atoms with van der Waals surface area (Å²) >= 11 is 3.56. The molecule has 2 aliphatic carbocycles. The maximum atomic E-state index is 14.0. The first kappa shape index (κ1) is 27.4. The van der Waals surface area contributed by atoms with E-state index in [0.717, 1.165) is 21.4 Å². The predicted octanol–water partition coefficient (Wildman–Crippen LogP) is 6.80. The van der Waals surface area contributed by atoms with E-state index >= 15 is 0 Å². The lowest BCUT2D eigenvalue weighted by Gasteiger charge is -2.49. The molecule has 0 spiro atoms. The van der Waals surface area contributed by atoms with Gasteiger partial charge in [0.2, 0.25) is 0 Å². The van der Waals surface area contributed by atoms with Crippen LogP contribution >= 0.6 is 15.9 Å². The molecule has 3 aliphatic rings. The number of hydrogen-bond acceptors (Lipinski definition) is 5. The normalized spacial score (nSPS) is 20.6. The number of benzene rings is 2. The minimum Gasteiger partial charge on any atom is -0.482 e. The minimum absolute atomic E-state index is 0.0256. The third-order valence-electron chi connectivity index (χ3n) is 7.84. The number of carbonyl (C=O) groups is 3. The second kappa shape index (κ2) is 10.1. The van der Waals surface area contributed by atoms with Crippen molar-refractivity contribution >= 4 is 33.5 Å². The summed E-state index contributed by atoms with van der Waals surface area (Å²) in [4.78, 5) is 41.7. The largest absolute Gasteiger partial charge is 0.482 e. The van der Waals surface area contributed by atoms with E-state index < -0.39 is 18.5 Å². The average Bonchev–Trinajstić information content (AvgIpc) is 2.83. The summed E-state index contributed by atoms with van der Waals surface area (Å²) in [5.74, 6) is -1.28. The van der Waals surface area contributed by atoms with Crippen LogP contribution in [0.25, 0.3) is 0 Å². The quantitative estimate of drug-likeness (QED) is 0.398. The van der Waals surface area contributed by atoms with Gasteiger partial charge in [-0.05, 0) is 47.4 Å². The second-order valence-corrected chi connectivity index (χ2v) is 13.4. The minimum atomic E-state index is -1.09. The molecule has 7 heteroatoms. The Hall–Kier alpha value is -3.19. The van der Waals surface area contributed by atoms with Gasteiger partial charge in [-0.15, -0.1) is 0 Å². The highest BCUT2D eigenvalue weighted by atomic mass is 79.9. The molecule has 5 rings (SSSR count). The lowest BCUT2D eigenvalue weighted by Crippen LogP contribution is -2.44. The van der Waals surface area contributed by atoms with E-state index in [9.17, 15) is 19.5 Å². The first-order valence-corrected chi connectivity index (χ1v) is 14.1. The number of Topliss-reactive ketones (excluding diaryl/α,β-unsaturated/α-hetero) is 2. The van der Waals surface area contributed by atoms with E-state index in [1.165, 1.54) is 0 Å². The van der Waals surface area contributed by atoms with Crippen LogP contribution in [-0.4, -0.2) is 34.1 Å². The van der Waals surface area contributed by atoms with E-state index in [-0.39, 0.29) is 22.4 Å². The number of nitrogens with zero attached hydrogens (tertiary/aromatic N) is 1. The number of ether oxygens (including phenoxy) is 1. The molecule has 2 aromatic carbocycles. The predicted molar refractivity (Wildman–Crippen MR) is 152 cm³/mol. The summed E-state index contributed by atoms with van der Waals surface area (Å²) in [5, 5.41) is 9.31. The van der Waals surface area contributed by atoms with Gasteiger partial charge in [0.25, 0.3) is 0 Å². The molecule has 0 bridgehead atoms. The third-order valence-corrected chi connectivity index (χ3v) is 8.33. The van der Waals surface area contributed by atoms with Gasteiger partial charge in [0.15, 0.2) is 18.2 Å². The van der Waals surface area contributed by atoms with Crippen LogP contribution in [0.4, 0.5) is 0 Å². The zero-order chi connectivity index (χ0) is 28.1. The van der Waals surface area contributed by atoms with Crippen molar-refractivity contribution < 1.29 is 24.2 Å². The summed E-state index contributed by atoms with van der Waals surface area (Å²) in [6.07, 6.45) is 2.15. The highest BCUT2D eigenvalue weighted by Gasteiger charge is 2.49. The molecule has 0 atom stereocenters. The molecule has 0 unspecified atom stereocenters. The van der Waals surface area contributed by atoms with Gasteiger partial charge < -0.3 is 14.7 Å². The van der Waals surface area contributed by atoms with Crippen LogP contribution in [0.15, 0.2) is 75.5 Å². The second-order valence-electron chi connectivity index (χ2n) is 12.5. The molecule has 204 valence electrons.